The van der Waals surface area contributed by atoms with Gasteiger partial charge in [0.25, 0.3) is 0 Å². The lowest BCUT2D eigenvalue weighted by Crippen LogP contribution is -2.36. The lowest BCUT2D eigenvalue weighted by molar-refractivity contribution is 0.0284. The molecule has 0 aromatic carbocycles. The summed E-state index contributed by atoms with van der Waals surface area (Å²) in [4.78, 5) is 13.9. The van der Waals surface area contributed by atoms with E-state index in [9.17, 15) is 4.79 Å². The van der Waals surface area contributed by atoms with E-state index in [1.165, 1.54) is 0 Å². The fourth-order valence-electron chi connectivity index (χ4n) is 2.66. The molecule has 1 aromatic rings. The van der Waals surface area contributed by atoms with Crippen LogP contribution in [-0.4, -0.2) is 36.7 Å². The van der Waals surface area contributed by atoms with Crippen LogP contribution in [-0.2, 0) is 4.74 Å². The summed E-state index contributed by atoms with van der Waals surface area (Å²) in [6.45, 7) is 7.04. The number of halogens is 1. The van der Waals surface area contributed by atoms with Crippen molar-refractivity contribution >= 4 is 22.0 Å². The van der Waals surface area contributed by atoms with Crippen LogP contribution in [0.4, 0.5) is 4.79 Å². The van der Waals surface area contributed by atoms with E-state index in [4.69, 9.17) is 9.15 Å². The van der Waals surface area contributed by atoms with Crippen molar-refractivity contribution in [2.75, 3.05) is 20.1 Å². The number of nitrogens with zero attached hydrogens (tertiary/aromatic N) is 1. The van der Waals surface area contributed by atoms with Gasteiger partial charge in [-0.05, 0) is 56.2 Å². The monoisotopic (exact) mass is 358 g/mol. The van der Waals surface area contributed by atoms with Crippen LogP contribution in [0.2, 0.25) is 0 Å². The molecule has 1 saturated heterocycles. The summed E-state index contributed by atoms with van der Waals surface area (Å²) in [5, 5.41) is 3.29. The van der Waals surface area contributed by atoms with Crippen LogP contribution >= 0.6 is 15.9 Å². The molecule has 21 heavy (non-hydrogen) atoms. The van der Waals surface area contributed by atoms with E-state index in [0.717, 1.165) is 23.2 Å². The highest BCUT2D eigenvalue weighted by atomic mass is 79.9. The summed E-state index contributed by atoms with van der Waals surface area (Å²) in [5.41, 5.74) is -0.457. The molecule has 1 aromatic heterocycles. The molecular weight excluding hydrogens is 336 g/mol. The molecule has 1 aliphatic heterocycles. The number of carbonyl (C=O) groups excluding carboxylic acids is 1. The highest BCUT2D eigenvalue weighted by Gasteiger charge is 2.35. The Bertz CT molecular complexity index is 495. The number of carbonyl (C=O) groups is 1. The molecule has 2 atom stereocenters. The van der Waals surface area contributed by atoms with E-state index in [2.05, 4.69) is 21.2 Å². The first-order chi connectivity index (χ1) is 9.81. The van der Waals surface area contributed by atoms with Crippen molar-refractivity contribution in [3.05, 3.63) is 22.6 Å². The third-order valence-electron chi connectivity index (χ3n) is 3.59. The van der Waals surface area contributed by atoms with Crippen molar-refractivity contribution in [2.24, 2.45) is 5.92 Å². The van der Waals surface area contributed by atoms with Crippen LogP contribution in [0, 0.1) is 5.92 Å². The summed E-state index contributed by atoms with van der Waals surface area (Å²) in [5.74, 6) is 1.19. The van der Waals surface area contributed by atoms with Crippen LogP contribution in [0.25, 0.3) is 0 Å². The number of likely N-dealkylation sites (tertiary alicyclic amines) is 1. The zero-order chi connectivity index (χ0) is 15.6. The maximum Gasteiger partial charge on any atom is 0.410 e. The van der Waals surface area contributed by atoms with E-state index >= 15 is 0 Å². The molecule has 0 aliphatic carbocycles. The third kappa shape index (κ3) is 4.01. The number of nitrogens with one attached hydrogen (secondary N) is 1. The highest BCUT2D eigenvalue weighted by molar-refractivity contribution is 9.10. The molecular formula is C15H23BrN2O3. The number of hydrogen-bond acceptors (Lipinski definition) is 4. The van der Waals surface area contributed by atoms with Crippen molar-refractivity contribution in [1.29, 1.82) is 0 Å². The molecule has 1 amide bonds. The molecule has 5 nitrogen and oxygen atoms in total. The first kappa shape index (κ1) is 16.4. The highest BCUT2D eigenvalue weighted by Crippen LogP contribution is 2.34. The van der Waals surface area contributed by atoms with Crippen molar-refractivity contribution in [2.45, 2.75) is 38.8 Å². The lowest BCUT2D eigenvalue weighted by atomic mass is 9.97. The minimum atomic E-state index is -0.457. The smallest absolute Gasteiger partial charge is 0.410 e. The third-order valence-corrected chi connectivity index (χ3v) is 4.24. The van der Waals surface area contributed by atoms with Crippen molar-refractivity contribution in [3.63, 3.8) is 0 Å². The van der Waals surface area contributed by atoms with E-state index in [-0.39, 0.29) is 12.1 Å². The predicted molar refractivity (Wildman–Crippen MR) is 84.1 cm³/mol. The molecule has 0 saturated carbocycles. The van der Waals surface area contributed by atoms with Crippen LogP contribution in [0.15, 0.2) is 21.2 Å². The predicted octanol–water partition coefficient (Wildman–Crippen LogP) is 3.56. The zero-order valence-corrected chi connectivity index (χ0v) is 14.6. The largest absolute Gasteiger partial charge is 0.466 e. The van der Waals surface area contributed by atoms with Gasteiger partial charge < -0.3 is 19.4 Å². The maximum atomic E-state index is 12.1. The second kappa shape index (κ2) is 6.40. The average molecular weight is 359 g/mol. The molecule has 118 valence electrons. The Morgan fingerprint density at radius 1 is 1.57 bits per heavy atom. The molecule has 1 fully saturated rings. The topological polar surface area (TPSA) is 54.7 Å². The summed E-state index contributed by atoms with van der Waals surface area (Å²) in [7, 11) is 1.91. The Labute approximate surface area is 134 Å². The molecule has 2 unspecified atom stereocenters. The van der Waals surface area contributed by atoms with E-state index in [1.54, 1.807) is 11.2 Å². The number of hydrogen-bond donors (Lipinski definition) is 1. The standard InChI is InChI=1S/C15H23BrN2O3/c1-15(2,3)21-14(19)18-7-5-10(9-18)12(17-4)13-11(16)6-8-20-13/h6,8,10,12,17H,5,7,9H2,1-4H3. The van der Waals surface area contributed by atoms with E-state index < -0.39 is 5.60 Å². The van der Waals surface area contributed by atoms with Gasteiger partial charge in [-0.15, -0.1) is 0 Å². The maximum absolute atomic E-state index is 12.1. The first-order valence-electron chi connectivity index (χ1n) is 7.20. The Hall–Kier alpha value is -1.01. The molecule has 2 rings (SSSR count). The SMILES string of the molecule is CNC(c1occc1Br)C1CCN(C(=O)OC(C)(C)C)C1. The lowest BCUT2D eigenvalue weighted by Gasteiger charge is -2.25. The van der Waals surface area contributed by atoms with E-state index in [1.807, 2.05) is 33.9 Å². The summed E-state index contributed by atoms with van der Waals surface area (Å²) in [6.07, 6.45) is 2.36. The summed E-state index contributed by atoms with van der Waals surface area (Å²) >= 11 is 3.50. The van der Waals surface area contributed by atoms with Crippen molar-refractivity contribution in [3.8, 4) is 0 Å². The van der Waals surface area contributed by atoms with Crippen molar-refractivity contribution in [1.82, 2.24) is 10.2 Å². The number of furan rings is 1. The van der Waals surface area contributed by atoms with Gasteiger partial charge in [0.1, 0.15) is 11.4 Å². The second-order valence-corrected chi connectivity index (χ2v) is 7.23. The summed E-state index contributed by atoms with van der Waals surface area (Å²) < 4.78 is 11.9. The fourth-order valence-corrected chi connectivity index (χ4v) is 3.11. The van der Waals surface area contributed by atoms with Gasteiger partial charge in [0.15, 0.2) is 0 Å². The molecule has 0 radical (unpaired) electrons. The number of ether oxygens (including phenoxy) is 1. The van der Waals surface area contributed by atoms with Gasteiger partial charge in [-0.3, -0.25) is 0 Å². The Morgan fingerprint density at radius 3 is 2.81 bits per heavy atom. The Balaban J connectivity index is 2.01. The Morgan fingerprint density at radius 2 is 2.29 bits per heavy atom. The minimum absolute atomic E-state index is 0.0850. The fraction of sp³-hybridized carbons (Fsp3) is 0.667. The van der Waals surface area contributed by atoms with Gasteiger partial charge in [-0.2, -0.15) is 0 Å². The van der Waals surface area contributed by atoms with Crippen LogP contribution in [0.1, 0.15) is 39.0 Å². The first-order valence-corrected chi connectivity index (χ1v) is 7.99. The van der Waals surface area contributed by atoms with Crippen LogP contribution in [0.5, 0.6) is 0 Å². The average Bonchev–Trinajstić information content (AvgIpc) is 2.99. The van der Waals surface area contributed by atoms with Gasteiger partial charge >= 0.3 is 6.09 Å². The minimum Gasteiger partial charge on any atom is -0.466 e. The number of rotatable bonds is 3. The van der Waals surface area contributed by atoms with Crippen LogP contribution in [0.3, 0.4) is 0 Å². The zero-order valence-electron chi connectivity index (χ0n) is 13.0. The normalized spacial score (nSPS) is 20.6. The van der Waals surface area contributed by atoms with Gasteiger partial charge in [-0.25, -0.2) is 4.79 Å². The second-order valence-electron chi connectivity index (χ2n) is 6.37. The van der Waals surface area contributed by atoms with Gasteiger partial charge in [0.05, 0.1) is 16.8 Å². The molecule has 1 aliphatic rings. The Kier molecular flexibility index (Phi) is 4.99. The van der Waals surface area contributed by atoms with E-state index in [0.29, 0.717) is 12.5 Å². The molecule has 0 bridgehead atoms. The molecule has 1 N–H and O–H groups in total. The molecule has 0 spiro atoms. The quantitative estimate of drug-likeness (QED) is 0.897. The van der Waals surface area contributed by atoms with Gasteiger partial charge in [0, 0.05) is 19.0 Å². The van der Waals surface area contributed by atoms with Crippen LogP contribution < -0.4 is 5.32 Å². The number of amides is 1. The van der Waals surface area contributed by atoms with Gasteiger partial charge in [0.2, 0.25) is 0 Å². The van der Waals surface area contributed by atoms with Gasteiger partial charge in [-0.1, -0.05) is 0 Å². The van der Waals surface area contributed by atoms with Crippen molar-refractivity contribution < 1.29 is 13.9 Å². The summed E-state index contributed by atoms with van der Waals surface area (Å²) in [6, 6.07) is 1.97. The molecule has 2 heterocycles. The molecule has 6 heteroatoms.